The van der Waals surface area contributed by atoms with Gasteiger partial charge in [-0.2, -0.15) is 4.57 Å². The lowest BCUT2D eigenvalue weighted by Gasteiger charge is -2.06. The molecule has 0 N–H and O–H groups in total. The summed E-state index contributed by atoms with van der Waals surface area (Å²) in [5.74, 6) is 0.913. The van der Waals surface area contributed by atoms with Gasteiger partial charge in [-0.25, -0.2) is 0 Å². The van der Waals surface area contributed by atoms with Crippen molar-refractivity contribution in [2.24, 2.45) is 0 Å². The van der Waals surface area contributed by atoms with Gasteiger partial charge in [0.15, 0.2) is 6.20 Å². The number of fused-ring (bicyclic) bond motifs is 2. The molecule has 3 aromatic carbocycles. The van der Waals surface area contributed by atoms with Crippen molar-refractivity contribution in [3.05, 3.63) is 84.6 Å². The molecule has 0 saturated carbocycles. The maximum Gasteiger partial charge on any atom is 0.228 e. The van der Waals surface area contributed by atoms with Crippen molar-refractivity contribution in [3.63, 3.8) is 0 Å². The van der Waals surface area contributed by atoms with Gasteiger partial charge in [0.2, 0.25) is 17.8 Å². The predicted octanol–water partition coefficient (Wildman–Crippen LogP) is 1.18. The van der Waals surface area contributed by atoms with Crippen LogP contribution in [0.4, 0.5) is 0 Å². The summed E-state index contributed by atoms with van der Waals surface area (Å²) in [6.07, 6.45) is 1.94. The first-order valence-electron chi connectivity index (χ1n) is 8.23. The van der Waals surface area contributed by atoms with E-state index in [-0.39, 0.29) is 22.8 Å². The third kappa shape index (κ3) is 3.33. The molecule has 0 atom stereocenters. The molecule has 0 bridgehead atoms. The van der Waals surface area contributed by atoms with E-state index in [4.69, 9.17) is 4.74 Å². The molecular weight excluding hydrogens is 390 g/mol. The minimum Gasteiger partial charge on any atom is -1.00 e. The van der Waals surface area contributed by atoms with Crippen LogP contribution in [0.5, 0.6) is 5.75 Å². The normalized spacial score (nSPS) is 10.5. The summed E-state index contributed by atoms with van der Waals surface area (Å²) in [6.45, 7) is 0.303. The first kappa shape index (κ1) is 18.1. The van der Waals surface area contributed by atoms with E-state index < -0.39 is 0 Å². The largest absolute Gasteiger partial charge is 1.00 e. The van der Waals surface area contributed by atoms with Gasteiger partial charge in [-0.1, -0.05) is 42.5 Å². The second-order valence-corrected chi connectivity index (χ2v) is 6.01. The zero-order valence-corrected chi connectivity index (χ0v) is 15.9. The summed E-state index contributed by atoms with van der Waals surface area (Å²) in [6, 6.07) is 23.7. The molecule has 0 amide bonds. The van der Waals surface area contributed by atoms with E-state index in [1.165, 1.54) is 0 Å². The highest BCUT2D eigenvalue weighted by atomic mass is 79.9. The Morgan fingerprint density at radius 1 is 0.923 bits per heavy atom. The van der Waals surface area contributed by atoms with Crippen molar-refractivity contribution in [3.8, 4) is 5.75 Å². The third-order valence-corrected chi connectivity index (χ3v) is 4.49. The van der Waals surface area contributed by atoms with Gasteiger partial charge < -0.3 is 21.7 Å². The molecule has 0 fully saturated rings. The Labute approximate surface area is 162 Å². The maximum atomic E-state index is 12.9. The smallest absolute Gasteiger partial charge is 0.228 e. The van der Waals surface area contributed by atoms with Crippen molar-refractivity contribution in [2.75, 3.05) is 7.11 Å². The average molecular weight is 408 g/mol. The number of nitrogens with zero attached hydrogens (tertiary/aromatic N) is 1. The van der Waals surface area contributed by atoms with Crippen LogP contribution in [0.1, 0.15) is 10.4 Å². The number of carbonyl (C=O) groups is 1. The van der Waals surface area contributed by atoms with Crippen LogP contribution < -0.4 is 26.3 Å². The number of Topliss-reactive ketones (excluding diaryl/α,β-unsaturated/α-hetero) is 1. The predicted molar refractivity (Wildman–Crippen MR) is 99.0 cm³/mol. The van der Waals surface area contributed by atoms with Crippen LogP contribution in [-0.2, 0) is 6.54 Å². The Morgan fingerprint density at radius 2 is 1.69 bits per heavy atom. The van der Waals surface area contributed by atoms with Crippen molar-refractivity contribution in [1.82, 2.24) is 0 Å². The van der Waals surface area contributed by atoms with Gasteiger partial charge in [0.1, 0.15) is 5.75 Å². The summed E-state index contributed by atoms with van der Waals surface area (Å²) in [5.41, 5.74) is 1.77. The number of hydrogen-bond donors (Lipinski definition) is 0. The molecule has 0 aliphatic carbocycles. The van der Waals surface area contributed by atoms with Crippen LogP contribution in [0, 0.1) is 0 Å². The molecular formula is C22H18BrNO2. The van der Waals surface area contributed by atoms with Crippen molar-refractivity contribution in [1.29, 1.82) is 0 Å². The number of carbonyl (C=O) groups excluding carboxylic acids is 1. The maximum absolute atomic E-state index is 12.9. The molecule has 0 aliphatic rings. The zero-order chi connectivity index (χ0) is 17.2. The Morgan fingerprint density at radius 3 is 2.54 bits per heavy atom. The summed E-state index contributed by atoms with van der Waals surface area (Å²) >= 11 is 0. The van der Waals surface area contributed by atoms with Gasteiger partial charge >= 0.3 is 0 Å². The van der Waals surface area contributed by atoms with Gasteiger partial charge in [-0.15, -0.1) is 0 Å². The molecule has 26 heavy (non-hydrogen) atoms. The van der Waals surface area contributed by atoms with E-state index in [2.05, 4.69) is 0 Å². The van der Waals surface area contributed by atoms with E-state index in [1.54, 1.807) is 7.11 Å². The summed E-state index contributed by atoms with van der Waals surface area (Å²) in [5, 5.41) is 3.13. The van der Waals surface area contributed by atoms with Gasteiger partial charge in [-0.3, -0.25) is 4.79 Å². The monoisotopic (exact) mass is 407 g/mol. The number of hydrogen-bond acceptors (Lipinski definition) is 2. The molecule has 3 nitrogen and oxygen atoms in total. The number of halogens is 1. The van der Waals surface area contributed by atoms with Crippen molar-refractivity contribution >= 4 is 27.5 Å². The van der Waals surface area contributed by atoms with E-state index >= 15 is 0 Å². The molecule has 0 saturated heterocycles. The molecule has 130 valence electrons. The summed E-state index contributed by atoms with van der Waals surface area (Å²) in [7, 11) is 1.65. The van der Waals surface area contributed by atoms with Crippen molar-refractivity contribution < 1.29 is 31.1 Å². The topological polar surface area (TPSA) is 30.2 Å². The first-order chi connectivity index (χ1) is 12.3. The standard InChI is InChI=1S/C22H18NO2.BrH/c1-25-18-11-12-21-17(14-18)8-5-13-23(21)15-22(24)20-10-4-7-16-6-2-3-9-19(16)20;/h2-14H,15H2,1H3;1H/q+1;/p-1. The number of ether oxygens (including phenoxy) is 1. The first-order valence-corrected chi connectivity index (χ1v) is 8.23. The summed E-state index contributed by atoms with van der Waals surface area (Å²) < 4.78 is 7.27. The lowest BCUT2D eigenvalue weighted by atomic mass is 10.0. The second kappa shape index (κ2) is 7.67. The van der Waals surface area contributed by atoms with E-state index in [1.807, 2.05) is 83.6 Å². The Kier molecular flexibility index (Phi) is 5.33. The van der Waals surface area contributed by atoms with Gasteiger partial charge in [0.25, 0.3) is 0 Å². The quantitative estimate of drug-likeness (QED) is 0.375. The molecule has 4 rings (SSSR count). The molecule has 4 heteroatoms. The lowest BCUT2D eigenvalue weighted by Crippen LogP contribution is -3.00. The zero-order valence-electron chi connectivity index (χ0n) is 14.4. The molecule has 0 spiro atoms. The van der Waals surface area contributed by atoms with Gasteiger partial charge in [0.05, 0.1) is 12.5 Å². The Bertz CT molecular complexity index is 1090. The molecule has 0 aliphatic heterocycles. The van der Waals surface area contributed by atoms with Crippen LogP contribution in [0.2, 0.25) is 0 Å². The second-order valence-electron chi connectivity index (χ2n) is 6.01. The van der Waals surface area contributed by atoms with Crippen LogP contribution in [0.3, 0.4) is 0 Å². The van der Waals surface area contributed by atoms with E-state index in [0.717, 1.165) is 33.0 Å². The molecule has 4 aromatic rings. The van der Waals surface area contributed by atoms with Crippen LogP contribution in [0.25, 0.3) is 21.7 Å². The fraction of sp³-hybridized carbons (Fsp3) is 0.0909. The minimum absolute atomic E-state index is 0. The molecule has 1 heterocycles. The number of methoxy groups -OCH3 is 1. The van der Waals surface area contributed by atoms with Crippen molar-refractivity contribution in [2.45, 2.75) is 6.54 Å². The number of ketones is 1. The number of pyridine rings is 1. The van der Waals surface area contributed by atoms with Gasteiger partial charge in [-0.05, 0) is 29.0 Å². The fourth-order valence-corrected chi connectivity index (χ4v) is 3.23. The number of rotatable bonds is 4. The van der Waals surface area contributed by atoms with Crippen LogP contribution in [0.15, 0.2) is 79.0 Å². The van der Waals surface area contributed by atoms with E-state index in [9.17, 15) is 4.79 Å². The minimum atomic E-state index is 0. The highest BCUT2D eigenvalue weighted by Crippen LogP contribution is 2.20. The van der Waals surface area contributed by atoms with Crippen LogP contribution >= 0.6 is 0 Å². The average Bonchev–Trinajstić information content (AvgIpc) is 2.67. The summed E-state index contributed by atoms with van der Waals surface area (Å²) in [4.78, 5) is 12.9. The molecule has 0 radical (unpaired) electrons. The van der Waals surface area contributed by atoms with Crippen LogP contribution in [-0.4, -0.2) is 12.9 Å². The fourth-order valence-electron chi connectivity index (χ4n) is 3.23. The number of benzene rings is 3. The third-order valence-electron chi connectivity index (χ3n) is 4.49. The highest BCUT2D eigenvalue weighted by Gasteiger charge is 2.17. The Balaban J connectivity index is 0.00000196. The van der Waals surface area contributed by atoms with E-state index in [0.29, 0.717) is 6.54 Å². The Hall–Kier alpha value is -2.72. The van der Waals surface area contributed by atoms with Gasteiger partial charge in [0, 0.05) is 17.7 Å². The molecule has 1 aromatic heterocycles. The SMILES string of the molecule is COc1ccc2c(ccc[n+]2CC(=O)c2cccc3ccccc23)c1.[Br-]. The molecule has 0 unspecified atom stereocenters. The lowest BCUT2D eigenvalue weighted by molar-refractivity contribution is -0.657. The number of aromatic nitrogens is 1. The highest BCUT2D eigenvalue weighted by molar-refractivity contribution is 6.07.